The molecule has 0 aliphatic carbocycles. The smallest absolute Gasteiger partial charge is 0.234 e. The van der Waals surface area contributed by atoms with E-state index in [1.165, 1.54) is 0 Å². The van der Waals surface area contributed by atoms with Gasteiger partial charge in [-0.2, -0.15) is 0 Å². The van der Waals surface area contributed by atoms with E-state index in [9.17, 15) is 4.79 Å². The number of nitrogens with one attached hydrogen (secondary N) is 1. The van der Waals surface area contributed by atoms with Gasteiger partial charge >= 0.3 is 0 Å². The van der Waals surface area contributed by atoms with E-state index in [2.05, 4.69) is 5.32 Å². The summed E-state index contributed by atoms with van der Waals surface area (Å²) < 4.78 is 11.1. The Labute approximate surface area is 136 Å². The molecule has 22 heavy (non-hydrogen) atoms. The van der Waals surface area contributed by atoms with Crippen LogP contribution >= 0.6 is 11.6 Å². The fourth-order valence-corrected chi connectivity index (χ4v) is 2.61. The molecular formula is C16H23ClN2O3. The van der Waals surface area contributed by atoms with E-state index in [0.29, 0.717) is 42.8 Å². The van der Waals surface area contributed by atoms with Crippen LogP contribution in [0.4, 0.5) is 0 Å². The first kappa shape index (κ1) is 16.9. The van der Waals surface area contributed by atoms with Gasteiger partial charge in [-0.15, -0.1) is 0 Å². The minimum absolute atomic E-state index is 0.00126. The Bertz CT molecular complexity index is 555. The molecule has 0 spiro atoms. The van der Waals surface area contributed by atoms with E-state index < -0.39 is 0 Å². The molecule has 0 bridgehead atoms. The lowest BCUT2D eigenvalue weighted by molar-refractivity contribution is -0.123. The van der Waals surface area contributed by atoms with E-state index in [1.54, 1.807) is 0 Å². The summed E-state index contributed by atoms with van der Waals surface area (Å²) in [6.45, 7) is 7.86. The van der Waals surface area contributed by atoms with Crippen LogP contribution in [-0.4, -0.2) is 43.2 Å². The van der Waals surface area contributed by atoms with Crippen LogP contribution in [0.5, 0.6) is 11.5 Å². The standard InChI is InChI=1S/C16H23ClN2O3/c1-16(2,3)18-14(20)10-19(4)9-11-7-12(17)15-13(8-11)21-5-6-22-15/h7-8H,5-6,9-10H2,1-4H3,(H,18,20). The molecule has 1 aromatic rings. The molecule has 5 nitrogen and oxygen atoms in total. The summed E-state index contributed by atoms with van der Waals surface area (Å²) in [4.78, 5) is 13.9. The normalized spacial score (nSPS) is 14.1. The second-order valence-electron chi connectivity index (χ2n) is 6.57. The number of hydrogen-bond acceptors (Lipinski definition) is 4. The Kier molecular flexibility index (Phi) is 5.19. The quantitative estimate of drug-likeness (QED) is 0.923. The number of nitrogens with zero attached hydrogens (tertiary/aromatic N) is 1. The molecule has 0 fully saturated rings. The number of ether oxygens (including phenoxy) is 2. The molecule has 0 saturated carbocycles. The zero-order valence-corrected chi connectivity index (χ0v) is 14.3. The Morgan fingerprint density at radius 1 is 1.32 bits per heavy atom. The van der Waals surface area contributed by atoms with E-state index >= 15 is 0 Å². The average Bonchev–Trinajstić information content (AvgIpc) is 2.35. The average molecular weight is 327 g/mol. The van der Waals surface area contributed by atoms with Gasteiger partial charge in [-0.1, -0.05) is 11.6 Å². The van der Waals surface area contributed by atoms with E-state index in [-0.39, 0.29) is 11.4 Å². The van der Waals surface area contributed by atoms with Crippen LogP contribution in [0, 0.1) is 0 Å². The van der Waals surface area contributed by atoms with Crippen LogP contribution in [0.25, 0.3) is 0 Å². The van der Waals surface area contributed by atoms with Crippen molar-refractivity contribution in [2.75, 3.05) is 26.8 Å². The van der Waals surface area contributed by atoms with Crippen molar-refractivity contribution in [2.24, 2.45) is 0 Å². The lowest BCUT2D eigenvalue weighted by Crippen LogP contribution is -2.45. The maximum absolute atomic E-state index is 11.9. The summed E-state index contributed by atoms with van der Waals surface area (Å²) in [5.41, 5.74) is 0.762. The van der Waals surface area contributed by atoms with Crippen molar-refractivity contribution in [1.29, 1.82) is 0 Å². The Morgan fingerprint density at radius 3 is 2.68 bits per heavy atom. The molecule has 0 radical (unpaired) electrons. The van der Waals surface area contributed by atoms with Crippen LogP contribution in [0.15, 0.2) is 12.1 Å². The van der Waals surface area contributed by atoms with Crippen molar-refractivity contribution < 1.29 is 14.3 Å². The van der Waals surface area contributed by atoms with Gasteiger partial charge in [0, 0.05) is 12.1 Å². The second kappa shape index (κ2) is 6.75. The van der Waals surface area contributed by atoms with Gasteiger partial charge in [0.25, 0.3) is 0 Å². The number of fused-ring (bicyclic) bond motifs is 1. The van der Waals surface area contributed by atoms with Crippen LogP contribution in [-0.2, 0) is 11.3 Å². The molecule has 1 aliphatic heterocycles. The maximum atomic E-state index is 11.9. The molecule has 1 N–H and O–H groups in total. The molecule has 1 amide bonds. The number of benzene rings is 1. The summed E-state index contributed by atoms with van der Waals surface area (Å²) in [5, 5.41) is 3.49. The lowest BCUT2D eigenvalue weighted by atomic mass is 10.1. The zero-order chi connectivity index (χ0) is 16.3. The van der Waals surface area contributed by atoms with Crippen LogP contribution < -0.4 is 14.8 Å². The van der Waals surface area contributed by atoms with Crippen molar-refractivity contribution in [2.45, 2.75) is 32.9 Å². The monoisotopic (exact) mass is 326 g/mol. The number of amides is 1. The topological polar surface area (TPSA) is 50.8 Å². The summed E-state index contributed by atoms with van der Waals surface area (Å²) in [6.07, 6.45) is 0. The third-order valence-electron chi connectivity index (χ3n) is 3.04. The number of likely N-dealkylation sites (N-methyl/N-ethyl adjacent to an activating group) is 1. The van der Waals surface area contributed by atoms with Gasteiger partial charge in [0.1, 0.15) is 13.2 Å². The van der Waals surface area contributed by atoms with Crippen LogP contribution in [0.1, 0.15) is 26.3 Å². The first-order valence-electron chi connectivity index (χ1n) is 7.32. The number of hydrogen-bond donors (Lipinski definition) is 1. The molecular weight excluding hydrogens is 304 g/mol. The van der Waals surface area contributed by atoms with Crippen LogP contribution in [0.2, 0.25) is 5.02 Å². The van der Waals surface area contributed by atoms with Crippen LogP contribution in [0.3, 0.4) is 0 Å². The molecule has 1 aromatic carbocycles. The van der Waals surface area contributed by atoms with Gasteiger partial charge in [0.2, 0.25) is 5.91 Å². The summed E-state index contributed by atoms with van der Waals surface area (Å²) in [7, 11) is 1.90. The molecule has 1 heterocycles. The number of carbonyl (C=O) groups excluding carboxylic acids is 1. The van der Waals surface area contributed by atoms with E-state index in [4.69, 9.17) is 21.1 Å². The summed E-state index contributed by atoms with van der Waals surface area (Å²) >= 11 is 6.22. The SMILES string of the molecule is CN(CC(=O)NC(C)(C)C)Cc1cc(Cl)c2c(c1)OCCO2. The molecule has 0 saturated heterocycles. The minimum atomic E-state index is -0.224. The van der Waals surface area contributed by atoms with Gasteiger partial charge in [0.15, 0.2) is 11.5 Å². The third kappa shape index (κ3) is 4.78. The highest BCUT2D eigenvalue weighted by Crippen LogP contribution is 2.38. The zero-order valence-electron chi connectivity index (χ0n) is 13.5. The summed E-state index contributed by atoms with van der Waals surface area (Å²) in [6, 6.07) is 3.77. The van der Waals surface area contributed by atoms with Gasteiger partial charge in [0.05, 0.1) is 11.6 Å². The number of halogens is 1. The Morgan fingerprint density at radius 2 is 2.00 bits per heavy atom. The Balaban J connectivity index is 1.98. The molecule has 6 heteroatoms. The highest BCUT2D eigenvalue weighted by atomic mass is 35.5. The number of carbonyl (C=O) groups is 1. The highest BCUT2D eigenvalue weighted by molar-refractivity contribution is 6.32. The largest absolute Gasteiger partial charge is 0.486 e. The highest BCUT2D eigenvalue weighted by Gasteiger charge is 2.18. The summed E-state index contributed by atoms with van der Waals surface area (Å²) in [5.74, 6) is 1.27. The fraction of sp³-hybridized carbons (Fsp3) is 0.562. The predicted molar refractivity (Wildman–Crippen MR) is 86.7 cm³/mol. The fourth-order valence-electron chi connectivity index (χ4n) is 2.33. The first-order chi connectivity index (χ1) is 10.2. The van der Waals surface area contributed by atoms with E-state index in [1.807, 2.05) is 44.9 Å². The van der Waals surface area contributed by atoms with Crippen molar-refractivity contribution in [3.05, 3.63) is 22.7 Å². The third-order valence-corrected chi connectivity index (χ3v) is 3.32. The molecule has 0 aromatic heterocycles. The minimum Gasteiger partial charge on any atom is -0.486 e. The van der Waals surface area contributed by atoms with Gasteiger partial charge in [-0.25, -0.2) is 0 Å². The van der Waals surface area contributed by atoms with Crippen molar-refractivity contribution in [1.82, 2.24) is 10.2 Å². The maximum Gasteiger partial charge on any atom is 0.234 e. The number of rotatable bonds is 4. The van der Waals surface area contributed by atoms with Crippen molar-refractivity contribution in [3.8, 4) is 11.5 Å². The molecule has 0 atom stereocenters. The van der Waals surface area contributed by atoms with Gasteiger partial charge in [-0.3, -0.25) is 9.69 Å². The second-order valence-corrected chi connectivity index (χ2v) is 6.98. The molecule has 2 rings (SSSR count). The molecule has 122 valence electrons. The molecule has 0 unspecified atom stereocenters. The predicted octanol–water partition coefficient (Wildman–Crippen LogP) is 2.46. The Hall–Kier alpha value is -1.46. The van der Waals surface area contributed by atoms with Crippen molar-refractivity contribution >= 4 is 17.5 Å². The lowest BCUT2D eigenvalue weighted by Gasteiger charge is -2.24. The molecule has 1 aliphatic rings. The van der Waals surface area contributed by atoms with Crippen molar-refractivity contribution in [3.63, 3.8) is 0 Å². The first-order valence-corrected chi connectivity index (χ1v) is 7.70. The van der Waals surface area contributed by atoms with Gasteiger partial charge in [-0.05, 0) is 45.5 Å². The van der Waals surface area contributed by atoms with E-state index in [0.717, 1.165) is 5.56 Å². The van der Waals surface area contributed by atoms with Gasteiger partial charge < -0.3 is 14.8 Å².